The van der Waals surface area contributed by atoms with Crippen molar-refractivity contribution in [3.8, 4) is 0 Å². The van der Waals surface area contributed by atoms with Crippen molar-refractivity contribution in [1.29, 1.82) is 0 Å². The number of guanidine groups is 1. The molecule has 0 aliphatic carbocycles. The summed E-state index contributed by atoms with van der Waals surface area (Å²) in [5.74, 6) is 1.17. The number of hydrogen-bond acceptors (Lipinski definition) is 3. The van der Waals surface area contributed by atoms with Crippen LogP contribution in [0.2, 0.25) is 0 Å². The maximum absolute atomic E-state index is 12.0. The molecule has 2 aliphatic heterocycles. The normalized spacial score (nSPS) is 21.6. The first-order valence-electron chi connectivity index (χ1n) is 10.3. The first-order chi connectivity index (χ1) is 13.2. The molecule has 0 bridgehead atoms. The summed E-state index contributed by atoms with van der Waals surface area (Å²) in [6.45, 7) is 5.97. The van der Waals surface area contributed by atoms with E-state index < -0.39 is 0 Å². The van der Waals surface area contributed by atoms with Crippen molar-refractivity contribution in [1.82, 2.24) is 15.5 Å². The highest BCUT2D eigenvalue weighted by atomic mass is 16.2. The first kappa shape index (κ1) is 19.5. The Balaban J connectivity index is 1.42. The Morgan fingerprint density at radius 3 is 2.78 bits per heavy atom. The van der Waals surface area contributed by atoms with Gasteiger partial charge >= 0.3 is 0 Å². The summed E-state index contributed by atoms with van der Waals surface area (Å²) in [5.41, 5.74) is 1.28. The molecule has 1 aromatic carbocycles. The zero-order valence-electron chi connectivity index (χ0n) is 16.7. The third-order valence-corrected chi connectivity index (χ3v) is 5.67. The number of rotatable bonds is 7. The van der Waals surface area contributed by atoms with Crippen molar-refractivity contribution in [2.45, 2.75) is 51.1 Å². The molecule has 27 heavy (non-hydrogen) atoms. The smallest absolute Gasteiger partial charge is 0.222 e. The van der Waals surface area contributed by atoms with Crippen molar-refractivity contribution in [2.75, 3.05) is 38.1 Å². The number of carbonyl (C=O) groups is 1. The molecule has 6 nitrogen and oxygen atoms in total. The Bertz CT molecular complexity index is 633. The molecule has 2 atom stereocenters. The Labute approximate surface area is 163 Å². The van der Waals surface area contributed by atoms with E-state index in [1.165, 1.54) is 5.69 Å². The topological polar surface area (TPSA) is 60.0 Å². The zero-order valence-corrected chi connectivity index (χ0v) is 16.7. The van der Waals surface area contributed by atoms with Gasteiger partial charge in [-0.15, -0.1) is 0 Å². The summed E-state index contributed by atoms with van der Waals surface area (Å²) in [6.07, 6.45) is 4.80. The van der Waals surface area contributed by atoms with Gasteiger partial charge in [0.05, 0.1) is 0 Å². The van der Waals surface area contributed by atoms with E-state index in [1.807, 2.05) is 7.05 Å². The standard InChI is InChI=1S/C21H33N5O/c1-3-18(26-14-7-10-20(26)27)11-13-23-21(22-2)24-17-12-15-25(16-17)19-8-5-4-6-9-19/h4-6,8-9,17-18H,3,7,10-16H2,1-2H3,(H2,22,23,24). The molecule has 0 aromatic heterocycles. The molecule has 0 radical (unpaired) electrons. The Morgan fingerprint density at radius 1 is 1.30 bits per heavy atom. The number of hydrogen-bond donors (Lipinski definition) is 2. The predicted molar refractivity (Wildman–Crippen MR) is 111 cm³/mol. The fourth-order valence-corrected chi connectivity index (χ4v) is 4.13. The minimum atomic E-state index is 0.316. The third kappa shape index (κ3) is 5.15. The molecule has 2 N–H and O–H groups in total. The summed E-state index contributed by atoms with van der Waals surface area (Å²) in [5, 5.41) is 6.99. The van der Waals surface area contributed by atoms with E-state index in [4.69, 9.17) is 0 Å². The average Bonchev–Trinajstić information content (AvgIpc) is 3.34. The summed E-state index contributed by atoms with van der Waals surface area (Å²) in [7, 11) is 1.82. The van der Waals surface area contributed by atoms with Gasteiger partial charge in [-0.1, -0.05) is 25.1 Å². The second kappa shape index (κ2) is 9.62. The van der Waals surface area contributed by atoms with E-state index in [1.54, 1.807) is 0 Å². The van der Waals surface area contributed by atoms with Crippen molar-refractivity contribution in [2.24, 2.45) is 4.99 Å². The maximum Gasteiger partial charge on any atom is 0.222 e. The number of amides is 1. The van der Waals surface area contributed by atoms with E-state index in [-0.39, 0.29) is 0 Å². The van der Waals surface area contributed by atoms with Crippen LogP contribution in [0.25, 0.3) is 0 Å². The number of carbonyl (C=O) groups excluding carboxylic acids is 1. The molecule has 0 saturated carbocycles. The second-order valence-electron chi connectivity index (χ2n) is 7.45. The Kier molecular flexibility index (Phi) is 6.96. The van der Waals surface area contributed by atoms with E-state index in [0.717, 1.165) is 57.8 Å². The summed E-state index contributed by atoms with van der Waals surface area (Å²) >= 11 is 0. The lowest BCUT2D eigenvalue weighted by Gasteiger charge is -2.27. The van der Waals surface area contributed by atoms with Crippen LogP contribution in [0.1, 0.15) is 39.0 Å². The highest BCUT2D eigenvalue weighted by molar-refractivity contribution is 5.80. The van der Waals surface area contributed by atoms with Crippen LogP contribution in [0.5, 0.6) is 0 Å². The molecule has 2 fully saturated rings. The molecular weight excluding hydrogens is 338 g/mol. The van der Waals surface area contributed by atoms with E-state index >= 15 is 0 Å². The van der Waals surface area contributed by atoms with Gasteiger partial charge in [0.2, 0.25) is 5.91 Å². The first-order valence-corrected chi connectivity index (χ1v) is 10.3. The van der Waals surface area contributed by atoms with Crippen LogP contribution >= 0.6 is 0 Å². The molecule has 148 valence electrons. The van der Waals surface area contributed by atoms with Gasteiger partial charge in [-0.25, -0.2) is 0 Å². The third-order valence-electron chi connectivity index (χ3n) is 5.67. The lowest BCUT2D eigenvalue weighted by Crippen LogP contribution is -2.46. The van der Waals surface area contributed by atoms with Crippen LogP contribution in [-0.2, 0) is 4.79 Å². The number of aliphatic imine (C=N–C) groups is 1. The molecule has 2 unspecified atom stereocenters. The van der Waals surface area contributed by atoms with E-state index in [2.05, 4.69) is 62.7 Å². The van der Waals surface area contributed by atoms with Gasteiger partial charge in [-0.05, 0) is 37.8 Å². The summed E-state index contributed by atoms with van der Waals surface area (Å²) in [6, 6.07) is 11.3. The van der Waals surface area contributed by atoms with Crippen LogP contribution in [0.3, 0.4) is 0 Å². The predicted octanol–water partition coefficient (Wildman–Crippen LogP) is 2.22. The highest BCUT2D eigenvalue weighted by Gasteiger charge is 2.27. The SMILES string of the molecule is CCC(CCNC(=NC)NC1CCN(c2ccccc2)C1)N1CCCC1=O. The van der Waals surface area contributed by atoms with Gasteiger partial charge in [0, 0.05) is 57.4 Å². The quantitative estimate of drug-likeness (QED) is 0.570. The van der Waals surface area contributed by atoms with Gasteiger partial charge in [0.25, 0.3) is 0 Å². The number of nitrogens with zero attached hydrogens (tertiary/aromatic N) is 3. The fraction of sp³-hybridized carbons (Fsp3) is 0.619. The fourth-order valence-electron chi connectivity index (χ4n) is 4.13. The number of anilines is 1. The van der Waals surface area contributed by atoms with Crippen LogP contribution in [-0.4, -0.2) is 62.1 Å². The van der Waals surface area contributed by atoms with E-state index in [0.29, 0.717) is 24.4 Å². The van der Waals surface area contributed by atoms with Crippen LogP contribution in [0.4, 0.5) is 5.69 Å². The molecule has 0 spiro atoms. The molecular formula is C21H33N5O. The second-order valence-corrected chi connectivity index (χ2v) is 7.45. The number of benzene rings is 1. The maximum atomic E-state index is 12.0. The number of para-hydroxylation sites is 1. The summed E-state index contributed by atoms with van der Waals surface area (Å²) < 4.78 is 0. The monoisotopic (exact) mass is 371 g/mol. The largest absolute Gasteiger partial charge is 0.369 e. The number of likely N-dealkylation sites (tertiary alicyclic amines) is 1. The van der Waals surface area contributed by atoms with Crippen molar-refractivity contribution in [3.63, 3.8) is 0 Å². The van der Waals surface area contributed by atoms with Crippen LogP contribution in [0.15, 0.2) is 35.3 Å². The van der Waals surface area contributed by atoms with Gasteiger partial charge in [0.1, 0.15) is 0 Å². The molecule has 6 heteroatoms. The zero-order chi connectivity index (χ0) is 19.1. The van der Waals surface area contributed by atoms with Crippen molar-refractivity contribution >= 4 is 17.6 Å². The number of nitrogens with one attached hydrogen (secondary N) is 2. The molecule has 2 aliphatic rings. The van der Waals surface area contributed by atoms with Gasteiger partial charge in [-0.2, -0.15) is 0 Å². The van der Waals surface area contributed by atoms with Crippen LogP contribution < -0.4 is 15.5 Å². The molecule has 1 aromatic rings. The Morgan fingerprint density at radius 2 is 2.11 bits per heavy atom. The minimum absolute atomic E-state index is 0.316. The highest BCUT2D eigenvalue weighted by Crippen LogP contribution is 2.20. The average molecular weight is 372 g/mol. The van der Waals surface area contributed by atoms with E-state index in [9.17, 15) is 4.79 Å². The molecule has 2 saturated heterocycles. The lowest BCUT2D eigenvalue weighted by atomic mass is 10.1. The van der Waals surface area contributed by atoms with Gasteiger partial charge in [0.15, 0.2) is 5.96 Å². The molecule has 2 heterocycles. The summed E-state index contributed by atoms with van der Waals surface area (Å²) in [4.78, 5) is 20.8. The Hall–Kier alpha value is -2.24. The van der Waals surface area contributed by atoms with Crippen molar-refractivity contribution in [3.05, 3.63) is 30.3 Å². The molecule has 3 rings (SSSR count). The lowest BCUT2D eigenvalue weighted by molar-refractivity contribution is -0.129. The van der Waals surface area contributed by atoms with Crippen LogP contribution in [0, 0.1) is 0 Å². The minimum Gasteiger partial charge on any atom is -0.369 e. The van der Waals surface area contributed by atoms with Gasteiger partial charge in [-0.3, -0.25) is 9.79 Å². The van der Waals surface area contributed by atoms with Crippen molar-refractivity contribution < 1.29 is 4.79 Å². The van der Waals surface area contributed by atoms with Gasteiger partial charge < -0.3 is 20.4 Å². The molecule has 1 amide bonds.